The molecule has 0 atom stereocenters. The van der Waals surface area contributed by atoms with Crippen LogP contribution in [0.2, 0.25) is 0 Å². The maximum absolute atomic E-state index is 14.7. The molecule has 0 unspecified atom stereocenters. The Kier molecular flexibility index (Phi) is 14.9. The summed E-state index contributed by atoms with van der Waals surface area (Å²) in [4.78, 5) is 27.5. The first-order chi connectivity index (χ1) is 32.5. The van der Waals surface area contributed by atoms with Crippen molar-refractivity contribution in [3.63, 3.8) is 0 Å². The summed E-state index contributed by atoms with van der Waals surface area (Å²) in [5.41, 5.74) is 4.67. The van der Waals surface area contributed by atoms with Gasteiger partial charge in [-0.2, -0.15) is 0 Å². The summed E-state index contributed by atoms with van der Waals surface area (Å²) < 4.78 is 45.6. The number of esters is 1. The molecule has 0 saturated heterocycles. The zero-order valence-corrected chi connectivity index (χ0v) is 35.9. The SMILES string of the molecule is O=C(O)c1cc(OCc2ccccc2)c(OCc2ccccc2)c(Oc2c(C(=O)OCc3ccccc3)cc(OCc3ccccc3)c(OCc3ccccc3)c2OCc2ccccc2)c1. The van der Waals surface area contributed by atoms with Gasteiger partial charge in [-0.3, -0.25) is 0 Å². The molecule has 0 fully saturated rings. The second-order valence-corrected chi connectivity index (χ2v) is 15.1. The molecule has 0 amide bonds. The molecule has 0 aromatic heterocycles. The lowest BCUT2D eigenvalue weighted by molar-refractivity contribution is 0.0467. The number of hydrogen-bond donors (Lipinski definition) is 1. The van der Waals surface area contributed by atoms with Gasteiger partial charge in [-0.15, -0.1) is 0 Å². The molecule has 0 aliphatic carbocycles. The Morgan fingerprint density at radius 3 is 1.09 bits per heavy atom. The number of rotatable bonds is 21. The Balaban J connectivity index is 1.32. The molecule has 330 valence electrons. The summed E-state index contributed by atoms with van der Waals surface area (Å²) in [5.74, 6) is -1.79. The van der Waals surface area contributed by atoms with Crippen molar-refractivity contribution in [2.24, 2.45) is 0 Å². The Labute approximate surface area is 383 Å². The van der Waals surface area contributed by atoms with Gasteiger partial charge in [0.05, 0.1) is 5.56 Å². The molecule has 0 saturated carbocycles. The quantitative estimate of drug-likeness (QED) is 0.0699. The minimum atomic E-state index is -1.25. The third-order valence-corrected chi connectivity index (χ3v) is 10.2. The second-order valence-electron chi connectivity index (χ2n) is 15.1. The van der Waals surface area contributed by atoms with Gasteiger partial charge in [-0.05, 0) is 45.5 Å². The van der Waals surface area contributed by atoms with E-state index in [0.717, 1.165) is 33.4 Å². The van der Waals surface area contributed by atoms with Gasteiger partial charge in [-0.1, -0.05) is 182 Å². The molecule has 0 radical (unpaired) electrons. The summed E-state index contributed by atoms with van der Waals surface area (Å²) in [7, 11) is 0. The van der Waals surface area contributed by atoms with E-state index in [-0.39, 0.29) is 91.0 Å². The first kappa shape index (κ1) is 44.1. The van der Waals surface area contributed by atoms with Crippen LogP contribution in [0.4, 0.5) is 0 Å². The first-order valence-electron chi connectivity index (χ1n) is 21.3. The van der Waals surface area contributed by atoms with Gasteiger partial charge < -0.3 is 38.3 Å². The highest BCUT2D eigenvalue weighted by atomic mass is 16.6. The molecule has 0 aliphatic rings. The van der Waals surface area contributed by atoms with Crippen LogP contribution in [0.15, 0.2) is 200 Å². The van der Waals surface area contributed by atoms with Crippen LogP contribution in [0.3, 0.4) is 0 Å². The zero-order chi connectivity index (χ0) is 45.3. The van der Waals surface area contributed by atoms with E-state index in [2.05, 4.69) is 0 Å². The van der Waals surface area contributed by atoms with E-state index in [1.807, 2.05) is 182 Å². The maximum Gasteiger partial charge on any atom is 0.342 e. The lowest BCUT2D eigenvalue weighted by atomic mass is 10.1. The molecular formula is C56H46O10. The number of hydrogen-bond acceptors (Lipinski definition) is 9. The van der Waals surface area contributed by atoms with Gasteiger partial charge in [0.1, 0.15) is 45.2 Å². The van der Waals surface area contributed by atoms with Crippen molar-refractivity contribution in [1.82, 2.24) is 0 Å². The van der Waals surface area contributed by atoms with Crippen LogP contribution in [0, 0.1) is 0 Å². The average Bonchev–Trinajstić information content (AvgIpc) is 3.37. The lowest BCUT2D eigenvalue weighted by Gasteiger charge is -2.24. The van der Waals surface area contributed by atoms with Crippen molar-refractivity contribution in [2.45, 2.75) is 39.6 Å². The van der Waals surface area contributed by atoms with Crippen molar-refractivity contribution in [2.75, 3.05) is 0 Å². The van der Waals surface area contributed by atoms with Crippen molar-refractivity contribution in [1.29, 1.82) is 0 Å². The zero-order valence-electron chi connectivity index (χ0n) is 35.9. The average molecular weight is 879 g/mol. The van der Waals surface area contributed by atoms with E-state index >= 15 is 0 Å². The molecule has 0 heterocycles. The van der Waals surface area contributed by atoms with Crippen LogP contribution in [0.1, 0.15) is 54.1 Å². The van der Waals surface area contributed by atoms with Crippen LogP contribution in [-0.4, -0.2) is 17.0 Å². The Morgan fingerprint density at radius 2 is 0.682 bits per heavy atom. The number of benzene rings is 8. The molecule has 0 aliphatic heterocycles. The predicted octanol–water partition coefficient (Wildman–Crippen LogP) is 12.4. The van der Waals surface area contributed by atoms with Crippen molar-refractivity contribution in [3.05, 3.63) is 245 Å². The Hall–Kier alpha value is -8.50. The molecule has 0 spiro atoms. The number of aromatic carboxylic acids is 1. The summed E-state index contributed by atoms with van der Waals surface area (Å²) in [5, 5.41) is 10.5. The standard InChI is InChI=1S/C56H46O10/c57-55(58)46-31-48(60-34-40-19-7-1-8-20-40)52(62-36-42-23-11-3-12-24-42)50(32-46)66-51-47(56(59)65-39-45-29-17-6-18-30-45)33-49(61-35-41-21-9-2-10-22-41)53(63-37-43-25-13-4-14-26-43)54(51)64-38-44-27-15-5-16-28-44/h1-33H,34-39H2,(H,57,58). The number of carbonyl (C=O) groups excluding carboxylic acids is 1. The molecule has 10 heteroatoms. The van der Waals surface area contributed by atoms with Gasteiger partial charge in [0.25, 0.3) is 0 Å². The minimum Gasteiger partial charge on any atom is -0.485 e. The highest BCUT2D eigenvalue weighted by Crippen LogP contribution is 2.52. The van der Waals surface area contributed by atoms with Gasteiger partial charge in [0, 0.05) is 6.07 Å². The molecule has 8 aromatic carbocycles. The number of carboxylic acid groups (broad SMARTS) is 1. The highest BCUT2D eigenvalue weighted by molar-refractivity contribution is 5.96. The Morgan fingerprint density at radius 1 is 0.348 bits per heavy atom. The molecule has 10 nitrogen and oxygen atoms in total. The third-order valence-electron chi connectivity index (χ3n) is 10.2. The van der Waals surface area contributed by atoms with E-state index < -0.39 is 11.9 Å². The summed E-state index contributed by atoms with van der Waals surface area (Å²) in [6.07, 6.45) is 0. The topological polar surface area (TPSA) is 119 Å². The number of carbonyl (C=O) groups is 2. The number of ether oxygens (including phenoxy) is 7. The van der Waals surface area contributed by atoms with Crippen LogP contribution in [-0.2, 0) is 44.4 Å². The fraction of sp³-hybridized carbons (Fsp3) is 0.107. The van der Waals surface area contributed by atoms with E-state index in [1.165, 1.54) is 18.2 Å². The maximum atomic E-state index is 14.7. The predicted molar refractivity (Wildman–Crippen MR) is 249 cm³/mol. The van der Waals surface area contributed by atoms with Crippen LogP contribution in [0.25, 0.3) is 0 Å². The molecule has 66 heavy (non-hydrogen) atoms. The van der Waals surface area contributed by atoms with Gasteiger partial charge in [0.15, 0.2) is 23.0 Å². The normalized spacial score (nSPS) is 10.7. The largest absolute Gasteiger partial charge is 0.485 e. The fourth-order valence-electron chi connectivity index (χ4n) is 6.82. The van der Waals surface area contributed by atoms with Crippen LogP contribution < -0.4 is 28.4 Å². The molecule has 1 N–H and O–H groups in total. The fourth-order valence-corrected chi connectivity index (χ4v) is 6.82. The van der Waals surface area contributed by atoms with Crippen molar-refractivity contribution < 1.29 is 47.9 Å². The Bertz CT molecular complexity index is 2800. The van der Waals surface area contributed by atoms with Crippen molar-refractivity contribution >= 4 is 11.9 Å². The number of carboxylic acids is 1. The van der Waals surface area contributed by atoms with Gasteiger partial charge in [-0.25, -0.2) is 9.59 Å². The van der Waals surface area contributed by atoms with E-state index in [4.69, 9.17) is 33.2 Å². The molecular weight excluding hydrogens is 833 g/mol. The summed E-state index contributed by atoms with van der Waals surface area (Å²) in [6.45, 7) is 0.282. The molecule has 0 bridgehead atoms. The second kappa shape index (κ2) is 22.2. The lowest BCUT2D eigenvalue weighted by Crippen LogP contribution is -2.12. The summed E-state index contributed by atoms with van der Waals surface area (Å²) in [6, 6.07) is 61.0. The van der Waals surface area contributed by atoms with E-state index in [1.54, 1.807) is 0 Å². The van der Waals surface area contributed by atoms with Crippen LogP contribution >= 0.6 is 0 Å². The van der Waals surface area contributed by atoms with Gasteiger partial charge >= 0.3 is 11.9 Å². The van der Waals surface area contributed by atoms with Crippen LogP contribution in [0.5, 0.6) is 40.2 Å². The third kappa shape index (κ3) is 11.9. The molecule has 8 rings (SSSR count). The smallest absolute Gasteiger partial charge is 0.342 e. The van der Waals surface area contributed by atoms with Gasteiger partial charge in [0.2, 0.25) is 17.2 Å². The monoisotopic (exact) mass is 878 g/mol. The summed E-state index contributed by atoms with van der Waals surface area (Å²) >= 11 is 0. The first-order valence-corrected chi connectivity index (χ1v) is 21.3. The highest BCUT2D eigenvalue weighted by Gasteiger charge is 2.31. The van der Waals surface area contributed by atoms with E-state index in [9.17, 15) is 14.7 Å². The van der Waals surface area contributed by atoms with E-state index in [0.29, 0.717) is 0 Å². The minimum absolute atomic E-state index is 0.00602. The molecule has 8 aromatic rings. The van der Waals surface area contributed by atoms with Crippen molar-refractivity contribution in [3.8, 4) is 40.2 Å².